The summed E-state index contributed by atoms with van der Waals surface area (Å²) in [6, 6.07) is 5.07. The number of phenols is 1. The Hall–Kier alpha value is -1.02. The second-order valence-corrected chi connectivity index (χ2v) is 8.00. The lowest BCUT2D eigenvalue weighted by Crippen LogP contribution is -2.47. The Bertz CT molecular complexity index is 580. The van der Waals surface area contributed by atoms with Gasteiger partial charge in [-0.3, -0.25) is 4.90 Å². The van der Waals surface area contributed by atoms with Crippen molar-refractivity contribution in [1.82, 2.24) is 4.90 Å². The van der Waals surface area contributed by atoms with Crippen molar-refractivity contribution >= 4 is 28.7 Å². The molecule has 0 bridgehead atoms. The predicted octanol–water partition coefficient (Wildman–Crippen LogP) is 4.04. The number of hydrogen-bond donors (Lipinski definition) is 1. The molecule has 1 aromatic carbocycles. The molecule has 1 fully saturated rings. The molecule has 0 aliphatic carbocycles. The van der Waals surface area contributed by atoms with Gasteiger partial charge in [-0.1, -0.05) is 6.07 Å². The van der Waals surface area contributed by atoms with E-state index in [2.05, 4.69) is 22.6 Å². The number of carbonyl (C=O) groups excluding carboxylic acids is 1. The van der Waals surface area contributed by atoms with Crippen LogP contribution in [-0.4, -0.2) is 34.0 Å². The predicted molar refractivity (Wildman–Crippen MR) is 91.7 cm³/mol. The third-order valence-corrected chi connectivity index (χ3v) is 4.30. The maximum Gasteiger partial charge on any atom is 0.413 e. The Balaban J connectivity index is 2.33. The van der Waals surface area contributed by atoms with E-state index in [0.717, 1.165) is 9.13 Å². The third kappa shape index (κ3) is 3.65. The Morgan fingerprint density at radius 2 is 2.09 bits per heavy atom. The fraction of sp³-hybridized carbons (Fsp3) is 0.562. The summed E-state index contributed by atoms with van der Waals surface area (Å²) < 4.78 is 12.0. The van der Waals surface area contributed by atoms with E-state index in [1.54, 1.807) is 11.0 Å². The van der Waals surface area contributed by atoms with Crippen LogP contribution in [0.3, 0.4) is 0 Å². The lowest BCUT2D eigenvalue weighted by Gasteiger charge is -2.35. The minimum Gasteiger partial charge on any atom is -0.507 e. The number of aromatic hydroxyl groups is 1. The van der Waals surface area contributed by atoms with Gasteiger partial charge in [0.1, 0.15) is 17.1 Å². The van der Waals surface area contributed by atoms with Crippen molar-refractivity contribution in [2.75, 3.05) is 6.61 Å². The molecule has 2 rings (SSSR count). The quantitative estimate of drug-likeness (QED) is 0.699. The summed E-state index contributed by atoms with van der Waals surface area (Å²) >= 11 is 2.07. The summed E-state index contributed by atoms with van der Waals surface area (Å²) in [6.07, 6.45) is -0.400. The van der Waals surface area contributed by atoms with Gasteiger partial charge in [0.25, 0.3) is 0 Å². The summed E-state index contributed by atoms with van der Waals surface area (Å²) in [6.45, 7) is 9.62. The number of phenolic OH excluding ortho intramolecular Hbond substituents is 1. The monoisotopic (exact) mass is 419 g/mol. The van der Waals surface area contributed by atoms with Crippen LogP contribution in [0.15, 0.2) is 18.2 Å². The molecule has 0 radical (unpaired) electrons. The van der Waals surface area contributed by atoms with Crippen molar-refractivity contribution in [2.45, 2.75) is 52.0 Å². The number of halogens is 1. The molecule has 1 aliphatic heterocycles. The maximum atomic E-state index is 12.6. The van der Waals surface area contributed by atoms with Gasteiger partial charge in [-0.2, -0.15) is 0 Å². The smallest absolute Gasteiger partial charge is 0.413 e. The highest BCUT2D eigenvalue weighted by Crippen LogP contribution is 2.39. The van der Waals surface area contributed by atoms with Gasteiger partial charge in [-0.15, -0.1) is 0 Å². The molecule has 122 valence electrons. The normalized spacial score (nSPS) is 21.0. The van der Waals surface area contributed by atoms with Crippen LogP contribution in [0, 0.1) is 3.57 Å². The summed E-state index contributed by atoms with van der Waals surface area (Å²) in [5.74, 6) is 0.228. The molecule has 1 atom stereocenters. The first-order chi connectivity index (χ1) is 10.0. The summed E-state index contributed by atoms with van der Waals surface area (Å²) in [4.78, 5) is 14.2. The molecule has 0 unspecified atom stereocenters. The lowest BCUT2D eigenvalue weighted by molar-refractivity contribution is -0.0626. The molecule has 5 nitrogen and oxygen atoms in total. The van der Waals surface area contributed by atoms with Crippen LogP contribution in [-0.2, 0) is 9.47 Å². The highest BCUT2D eigenvalue weighted by Gasteiger charge is 2.46. The Kier molecular flexibility index (Phi) is 4.64. The fourth-order valence-electron chi connectivity index (χ4n) is 2.44. The second-order valence-electron chi connectivity index (χ2n) is 6.83. The van der Waals surface area contributed by atoms with Gasteiger partial charge < -0.3 is 14.6 Å². The zero-order valence-electron chi connectivity index (χ0n) is 13.5. The first-order valence-corrected chi connectivity index (χ1v) is 8.24. The first kappa shape index (κ1) is 17.3. The number of rotatable bonds is 1. The zero-order valence-corrected chi connectivity index (χ0v) is 15.7. The lowest BCUT2D eigenvalue weighted by atomic mass is 10.1. The average Bonchev–Trinajstić information content (AvgIpc) is 2.66. The molecule has 0 saturated carbocycles. The summed E-state index contributed by atoms with van der Waals surface area (Å²) in [7, 11) is 0. The average molecular weight is 419 g/mol. The van der Waals surface area contributed by atoms with Crippen molar-refractivity contribution in [2.24, 2.45) is 0 Å². The largest absolute Gasteiger partial charge is 0.507 e. The Morgan fingerprint density at radius 3 is 2.64 bits per heavy atom. The molecule has 1 N–H and O–H groups in total. The summed E-state index contributed by atoms with van der Waals surface area (Å²) in [5, 5.41) is 9.67. The molecule has 1 saturated heterocycles. The van der Waals surface area contributed by atoms with Crippen LogP contribution in [0.2, 0.25) is 0 Å². The number of benzene rings is 1. The molecule has 1 amide bonds. The standard InChI is InChI=1S/C16H22INO4/c1-15(2,3)22-14(20)18-12(9-21-16(18,4)5)10-6-7-13(19)11(17)8-10/h6-8,12,19H,9H2,1-5H3/t12-/m0/s1. The van der Waals surface area contributed by atoms with Gasteiger partial charge in [0, 0.05) is 0 Å². The van der Waals surface area contributed by atoms with Crippen LogP contribution in [0.25, 0.3) is 0 Å². The minimum atomic E-state index is -0.740. The highest BCUT2D eigenvalue weighted by molar-refractivity contribution is 14.1. The van der Waals surface area contributed by atoms with Crippen LogP contribution >= 0.6 is 22.6 Å². The van der Waals surface area contributed by atoms with E-state index in [1.807, 2.05) is 46.8 Å². The van der Waals surface area contributed by atoms with Gasteiger partial charge in [-0.05, 0) is 74.9 Å². The van der Waals surface area contributed by atoms with Crippen LogP contribution in [0.5, 0.6) is 5.75 Å². The summed E-state index contributed by atoms with van der Waals surface area (Å²) in [5.41, 5.74) is -0.390. The van der Waals surface area contributed by atoms with Gasteiger partial charge in [0.15, 0.2) is 0 Å². The zero-order chi connectivity index (χ0) is 16.7. The van der Waals surface area contributed by atoms with Crippen molar-refractivity contribution in [1.29, 1.82) is 0 Å². The van der Waals surface area contributed by atoms with E-state index in [1.165, 1.54) is 0 Å². The molecule has 22 heavy (non-hydrogen) atoms. The van der Waals surface area contributed by atoms with Crippen LogP contribution in [0.4, 0.5) is 4.79 Å². The van der Waals surface area contributed by atoms with Crippen molar-refractivity contribution in [3.05, 3.63) is 27.3 Å². The van der Waals surface area contributed by atoms with Gasteiger partial charge >= 0.3 is 6.09 Å². The number of ether oxygens (including phenoxy) is 2. The molecule has 1 aromatic rings. The van der Waals surface area contributed by atoms with E-state index in [9.17, 15) is 9.90 Å². The van der Waals surface area contributed by atoms with E-state index in [4.69, 9.17) is 9.47 Å². The number of hydrogen-bond acceptors (Lipinski definition) is 4. The maximum absolute atomic E-state index is 12.6. The molecule has 1 heterocycles. The van der Waals surface area contributed by atoms with Crippen LogP contribution in [0.1, 0.15) is 46.2 Å². The first-order valence-electron chi connectivity index (χ1n) is 7.16. The molecule has 1 aliphatic rings. The van der Waals surface area contributed by atoms with Crippen molar-refractivity contribution in [3.63, 3.8) is 0 Å². The van der Waals surface area contributed by atoms with Gasteiger partial charge in [-0.25, -0.2) is 4.79 Å². The van der Waals surface area contributed by atoms with Gasteiger partial charge in [0.2, 0.25) is 0 Å². The van der Waals surface area contributed by atoms with Crippen molar-refractivity contribution < 1.29 is 19.4 Å². The Morgan fingerprint density at radius 1 is 1.45 bits per heavy atom. The highest BCUT2D eigenvalue weighted by atomic mass is 127. The van der Waals surface area contributed by atoms with E-state index >= 15 is 0 Å². The fourth-order valence-corrected chi connectivity index (χ4v) is 2.98. The topological polar surface area (TPSA) is 59.0 Å². The van der Waals surface area contributed by atoms with Gasteiger partial charge in [0.05, 0.1) is 16.2 Å². The SMILES string of the molecule is CC(C)(C)OC(=O)N1[C@H](c2ccc(O)c(I)c2)COC1(C)C. The van der Waals surface area contributed by atoms with Crippen LogP contribution < -0.4 is 0 Å². The molecular weight excluding hydrogens is 397 g/mol. The molecule has 0 spiro atoms. The number of carbonyl (C=O) groups is 1. The van der Waals surface area contributed by atoms with E-state index in [0.29, 0.717) is 6.61 Å². The molecule has 0 aromatic heterocycles. The second kappa shape index (κ2) is 5.88. The van der Waals surface area contributed by atoms with E-state index < -0.39 is 17.4 Å². The van der Waals surface area contributed by atoms with E-state index in [-0.39, 0.29) is 11.8 Å². The Labute approximate surface area is 144 Å². The minimum absolute atomic E-state index is 0.228. The molecule has 6 heteroatoms. The number of nitrogens with zero attached hydrogens (tertiary/aromatic N) is 1. The number of amides is 1. The third-order valence-electron chi connectivity index (χ3n) is 3.43. The molecular formula is C16H22INO4. The van der Waals surface area contributed by atoms with Crippen molar-refractivity contribution in [3.8, 4) is 5.75 Å².